The van der Waals surface area contributed by atoms with Crippen LogP contribution in [-0.2, 0) is 17.6 Å². The first-order valence-electron chi connectivity index (χ1n) is 6.47. The van der Waals surface area contributed by atoms with E-state index < -0.39 is 12.0 Å². The van der Waals surface area contributed by atoms with Gasteiger partial charge in [-0.2, -0.15) is 5.26 Å². The molecule has 1 N–H and O–H groups in total. The third kappa shape index (κ3) is 2.39. The molecule has 0 saturated heterocycles. The Bertz CT molecular complexity index is 548. The molecule has 0 amide bonds. The summed E-state index contributed by atoms with van der Waals surface area (Å²) in [5.74, 6) is -0.409. The highest BCUT2D eigenvalue weighted by Crippen LogP contribution is 2.27. The second-order valence-corrected chi connectivity index (χ2v) is 4.80. The van der Waals surface area contributed by atoms with Gasteiger partial charge in [0.25, 0.3) is 0 Å². The van der Waals surface area contributed by atoms with Gasteiger partial charge in [0.15, 0.2) is 0 Å². The minimum atomic E-state index is -0.892. The molecular weight excluding hydrogens is 242 g/mol. The number of nitriles is 1. The van der Waals surface area contributed by atoms with Gasteiger partial charge in [0.1, 0.15) is 17.9 Å². The molecule has 0 aromatic carbocycles. The number of carboxylic acid groups (broad SMARTS) is 1. The highest BCUT2D eigenvalue weighted by atomic mass is 16.4. The monoisotopic (exact) mass is 259 g/mol. The number of aliphatic carboxylic acids is 1. The second-order valence-electron chi connectivity index (χ2n) is 4.80. The molecule has 1 unspecified atom stereocenters. The molecule has 1 heterocycles. The van der Waals surface area contributed by atoms with Crippen molar-refractivity contribution in [2.45, 2.75) is 38.6 Å². The molecule has 100 valence electrons. The zero-order valence-electron chi connectivity index (χ0n) is 11.2. The van der Waals surface area contributed by atoms with Gasteiger partial charge in [0.05, 0.1) is 5.56 Å². The van der Waals surface area contributed by atoms with Crippen molar-refractivity contribution in [1.82, 2.24) is 4.98 Å². The van der Waals surface area contributed by atoms with Gasteiger partial charge in [-0.1, -0.05) is 6.92 Å². The first kappa shape index (κ1) is 13.3. The number of carboxylic acids is 1. The number of aromatic nitrogens is 1. The van der Waals surface area contributed by atoms with Crippen LogP contribution in [0.5, 0.6) is 0 Å². The number of fused-ring (bicyclic) bond motifs is 1. The highest BCUT2D eigenvalue weighted by Gasteiger charge is 2.25. The largest absolute Gasteiger partial charge is 0.480 e. The van der Waals surface area contributed by atoms with Crippen molar-refractivity contribution in [3.05, 3.63) is 22.9 Å². The topological polar surface area (TPSA) is 77.2 Å². The molecule has 1 aromatic heterocycles. The molecule has 0 radical (unpaired) electrons. The molecule has 0 bridgehead atoms. The zero-order valence-corrected chi connectivity index (χ0v) is 11.2. The Morgan fingerprint density at radius 2 is 2.37 bits per heavy atom. The molecule has 1 atom stereocenters. The lowest BCUT2D eigenvalue weighted by molar-refractivity contribution is -0.138. The summed E-state index contributed by atoms with van der Waals surface area (Å²) >= 11 is 0. The maximum absolute atomic E-state index is 11.2. The van der Waals surface area contributed by atoms with Gasteiger partial charge >= 0.3 is 5.97 Å². The van der Waals surface area contributed by atoms with Crippen molar-refractivity contribution >= 4 is 11.8 Å². The van der Waals surface area contributed by atoms with Crippen LogP contribution in [0, 0.1) is 11.3 Å². The minimum absolute atomic E-state index is 0.461. The number of hydrogen-bond acceptors (Lipinski definition) is 4. The molecule has 2 rings (SSSR count). The first-order valence-corrected chi connectivity index (χ1v) is 6.47. The predicted molar refractivity (Wildman–Crippen MR) is 71.1 cm³/mol. The van der Waals surface area contributed by atoms with Crippen LogP contribution in [0.1, 0.15) is 36.6 Å². The predicted octanol–water partition coefficient (Wildman–Crippen LogP) is 1.74. The Morgan fingerprint density at radius 3 is 2.95 bits per heavy atom. The van der Waals surface area contributed by atoms with E-state index >= 15 is 0 Å². The lowest BCUT2D eigenvalue weighted by Crippen LogP contribution is -2.39. The molecular formula is C14H17N3O2. The van der Waals surface area contributed by atoms with Crippen molar-refractivity contribution in [2.75, 3.05) is 11.9 Å². The van der Waals surface area contributed by atoms with Crippen molar-refractivity contribution in [1.29, 1.82) is 5.26 Å². The van der Waals surface area contributed by atoms with Crippen LogP contribution in [0.2, 0.25) is 0 Å². The smallest absolute Gasteiger partial charge is 0.326 e. The Labute approximate surface area is 112 Å². The number of carbonyl (C=O) groups is 1. The summed E-state index contributed by atoms with van der Waals surface area (Å²) in [6.07, 6.45) is 3.38. The van der Waals surface area contributed by atoms with E-state index in [1.54, 1.807) is 11.9 Å². The van der Waals surface area contributed by atoms with E-state index in [0.717, 1.165) is 30.5 Å². The lowest BCUT2D eigenvalue weighted by Gasteiger charge is -2.26. The minimum Gasteiger partial charge on any atom is -0.480 e. The summed E-state index contributed by atoms with van der Waals surface area (Å²) in [4.78, 5) is 17.3. The Balaban J connectivity index is 2.44. The summed E-state index contributed by atoms with van der Waals surface area (Å²) in [6, 6.07) is 3.33. The van der Waals surface area contributed by atoms with Crippen LogP contribution in [0.3, 0.4) is 0 Å². The van der Waals surface area contributed by atoms with Gasteiger partial charge in [0.2, 0.25) is 0 Å². The number of aryl methyl sites for hydroxylation is 2. The number of nitrogens with zero attached hydrogens (tertiary/aromatic N) is 3. The van der Waals surface area contributed by atoms with E-state index in [4.69, 9.17) is 0 Å². The average molecular weight is 259 g/mol. The van der Waals surface area contributed by atoms with E-state index in [9.17, 15) is 15.2 Å². The Hall–Kier alpha value is -2.09. The standard InChI is InChI=1S/C14H17N3O2/c1-3-12(14(18)19)17(2)13-10(8-15)7-9-5-4-6-11(9)16-13/h7,12H,3-6H2,1-2H3,(H,18,19). The van der Waals surface area contributed by atoms with Crippen molar-refractivity contribution in [3.63, 3.8) is 0 Å². The third-order valence-electron chi connectivity index (χ3n) is 3.62. The first-order chi connectivity index (χ1) is 9.08. The molecule has 5 nitrogen and oxygen atoms in total. The average Bonchev–Trinajstić information content (AvgIpc) is 2.84. The molecule has 1 aromatic rings. The molecule has 1 aliphatic rings. The fourth-order valence-electron chi connectivity index (χ4n) is 2.57. The highest BCUT2D eigenvalue weighted by molar-refractivity contribution is 5.78. The molecule has 0 fully saturated rings. The summed E-state index contributed by atoms with van der Waals surface area (Å²) in [5, 5.41) is 18.4. The molecule has 1 aliphatic carbocycles. The second kappa shape index (κ2) is 5.27. The molecule has 0 spiro atoms. The van der Waals surface area contributed by atoms with Crippen LogP contribution < -0.4 is 4.90 Å². The van der Waals surface area contributed by atoms with Crippen molar-refractivity contribution < 1.29 is 9.90 Å². The molecule has 5 heteroatoms. The third-order valence-corrected chi connectivity index (χ3v) is 3.62. The quantitative estimate of drug-likeness (QED) is 0.891. The molecule has 0 saturated carbocycles. The maximum atomic E-state index is 11.2. The number of rotatable bonds is 4. The van der Waals surface area contributed by atoms with Crippen LogP contribution in [-0.4, -0.2) is 29.1 Å². The van der Waals surface area contributed by atoms with Gasteiger partial charge in [-0.3, -0.25) is 0 Å². The summed E-state index contributed by atoms with van der Waals surface area (Å²) < 4.78 is 0. The van der Waals surface area contributed by atoms with Gasteiger partial charge in [-0.25, -0.2) is 9.78 Å². The molecule has 19 heavy (non-hydrogen) atoms. The fraction of sp³-hybridized carbons (Fsp3) is 0.500. The zero-order chi connectivity index (χ0) is 14.0. The van der Waals surface area contributed by atoms with E-state index in [1.807, 2.05) is 13.0 Å². The number of hydrogen-bond donors (Lipinski definition) is 1. The fourth-order valence-corrected chi connectivity index (χ4v) is 2.57. The van der Waals surface area contributed by atoms with Crippen LogP contribution in [0.25, 0.3) is 0 Å². The van der Waals surface area contributed by atoms with Crippen LogP contribution in [0.15, 0.2) is 6.07 Å². The maximum Gasteiger partial charge on any atom is 0.326 e. The van der Waals surface area contributed by atoms with Crippen molar-refractivity contribution in [3.8, 4) is 6.07 Å². The van der Waals surface area contributed by atoms with Crippen LogP contribution in [0.4, 0.5) is 5.82 Å². The van der Waals surface area contributed by atoms with Crippen LogP contribution >= 0.6 is 0 Å². The summed E-state index contributed by atoms with van der Waals surface area (Å²) in [6.45, 7) is 1.81. The summed E-state index contributed by atoms with van der Waals surface area (Å²) in [5.41, 5.74) is 2.58. The van der Waals surface area contributed by atoms with Gasteiger partial charge < -0.3 is 10.0 Å². The van der Waals surface area contributed by atoms with Gasteiger partial charge in [-0.05, 0) is 37.3 Å². The SMILES string of the molecule is CCC(C(=O)O)N(C)c1nc2c(cc1C#N)CCC2. The van der Waals surface area contributed by atoms with E-state index in [0.29, 0.717) is 17.8 Å². The number of likely N-dealkylation sites (N-methyl/N-ethyl adjacent to an activating group) is 1. The van der Waals surface area contributed by atoms with E-state index in [2.05, 4.69) is 11.1 Å². The van der Waals surface area contributed by atoms with E-state index in [-0.39, 0.29) is 0 Å². The molecule has 0 aliphatic heterocycles. The Kier molecular flexibility index (Phi) is 3.70. The normalized spacial score (nSPS) is 14.6. The summed E-state index contributed by atoms with van der Waals surface area (Å²) in [7, 11) is 1.69. The number of anilines is 1. The lowest BCUT2D eigenvalue weighted by atomic mass is 10.1. The van der Waals surface area contributed by atoms with Gasteiger partial charge in [-0.15, -0.1) is 0 Å². The Morgan fingerprint density at radius 1 is 1.63 bits per heavy atom. The number of pyridine rings is 1. The van der Waals surface area contributed by atoms with E-state index in [1.165, 1.54) is 0 Å². The van der Waals surface area contributed by atoms with Gasteiger partial charge in [0, 0.05) is 12.7 Å². The van der Waals surface area contributed by atoms with Crippen molar-refractivity contribution in [2.24, 2.45) is 0 Å².